The Morgan fingerprint density at radius 3 is 2.39 bits per heavy atom. The Bertz CT molecular complexity index is 1030. The molecule has 8 heteroatoms. The quantitative estimate of drug-likeness (QED) is 0.648. The zero-order chi connectivity index (χ0) is 23.3. The maximum absolute atomic E-state index is 13.5. The van der Waals surface area contributed by atoms with E-state index in [1.165, 1.54) is 9.87 Å². The van der Waals surface area contributed by atoms with Gasteiger partial charge in [-0.2, -0.15) is 4.31 Å². The lowest BCUT2D eigenvalue weighted by Crippen LogP contribution is -2.53. The van der Waals surface area contributed by atoms with Gasteiger partial charge in [0.1, 0.15) is 11.8 Å². The summed E-state index contributed by atoms with van der Waals surface area (Å²) in [7, 11) is -2.04. The molecule has 2 saturated heterocycles. The average Bonchev–Trinajstić information content (AvgIpc) is 3.10. The van der Waals surface area contributed by atoms with E-state index in [0.29, 0.717) is 26.1 Å². The molecule has 1 unspecified atom stereocenters. The van der Waals surface area contributed by atoms with Gasteiger partial charge in [0.25, 0.3) is 0 Å². The van der Waals surface area contributed by atoms with Gasteiger partial charge in [0.2, 0.25) is 15.9 Å². The summed E-state index contributed by atoms with van der Waals surface area (Å²) in [5.74, 6) is 0.786. The summed E-state index contributed by atoms with van der Waals surface area (Å²) in [6.07, 6.45) is 3.11. The molecule has 1 atom stereocenters. The second-order valence-corrected chi connectivity index (χ2v) is 10.6. The van der Waals surface area contributed by atoms with Crippen LogP contribution in [0.1, 0.15) is 31.2 Å². The number of piperidine rings is 1. The van der Waals surface area contributed by atoms with E-state index in [0.717, 1.165) is 44.6 Å². The summed E-state index contributed by atoms with van der Waals surface area (Å²) < 4.78 is 33.3. The second-order valence-electron chi connectivity index (χ2n) is 8.74. The minimum absolute atomic E-state index is 0.0551. The van der Waals surface area contributed by atoms with Crippen molar-refractivity contribution in [1.29, 1.82) is 0 Å². The summed E-state index contributed by atoms with van der Waals surface area (Å²) in [5, 5.41) is 0. The van der Waals surface area contributed by atoms with Crippen LogP contribution in [0.15, 0.2) is 59.5 Å². The molecule has 7 nitrogen and oxygen atoms in total. The number of carbonyl (C=O) groups excluding carboxylic acids is 1. The fraction of sp³-hybridized carbons (Fsp3) is 0.480. The Morgan fingerprint density at radius 2 is 1.67 bits per heavy atom. The summed E-state index contributed by atoms with van der Waals surface area (Å²) in [5.41, 5.74) is 1.21. The van der Waals surface area contributed by atoms with Crippen LogP contribution in [0, 0.1) is 0 Å². The number of amides is 1. The van der Waals surface area contributed by atoms with Crippen LogP contribution in [-0.2, 0) is 21.4 Å². The van der Waals surface area contributed by atoms with E-state index in [-0.39, 0.29) is 10.8 Å². The van der Waals surface area contributed by atoms with Crippen molar-refractivity contribution in [2.24, 2.45) is 0 Å². The van der Waals surface area contributed by atoms with Gasteiger partial charge in [-0.05, 0) is 49.1 Å². The predicted octanol–water partition coefficient (Wildman–Crippen LogP) is 2.97. The number of sulfonamides is 1. The van der Waals surface area contributed by atoms with E-state index in [9.17, 15) is 13.2 Å². The summed E-state index contributed by atoms with van der Waals surface area (Å²) in [6.45, 7) is 4.18. The minimum Gasteiger partial charge on any atom is -0.497 e. The maximum atomic E-state index is 13.5. The summed E-state index contributed by atoms with van der Waals surface area (Å²) in [4.78, 5) is 18.0. The normalized spacial score (nSPS) is 20.9. The molecule has 1 amide bonds. The predicted molar refractivity (Wildman–Crippen MR) is 127 cm³/mol. The Morgan fingerprint density at radius 1 is 0.909 bits per heavy atom. The van der Waals surface area contributed by atoms with Crippen LogP contribution in [0.3, 0.4) is 0 Å². The third-order valence-electron chi connectivity index (χ3n) is 6.55. The highest BCUT2D eigenvalue weighted by atomic mass is 32.2. The van der Waals surface area contributed by atoms with Gasteiger partial charge in [-0.15, -0.1) is 0 Å². The van der Waals surface area contributed by atoms with Crippen LogP contribution in [-0.4, -0.2) is 74.3 Å². The fourth-order valence-corrected chi connectivity index (χ4v) is 6.39. The zero-order valence-corrected chi connectivity index (χ0v) is 20.0. The molecule has 0 saturated carbocycles. The molecule has 0 aliphatic carbocycles. The van der Waals surface area contributed by atoms with Crippen molar-refractivity contribution in [3.8, 4) is 5.75 Å². The van der Waals surface area contributed by atoms with Crippen molar-refractivity contribution in [2.75, 3.05) is 39.8 Å². The van der Waals surface area contributed by atoms with Crippen LogP contribution in [0.5, 0.6) is 5.75 Å². The molecule has 0 aromatic heterocycles. The fourth-order valence-electron chi connectivity index (χ4n) is 4.72. The molecule has 2 fully saturated rings. The van der Waals surface area contributed by atoms with Crippen molar-refractivity contribution < 1.29 is 17.9 Å². The summed E-state index contributed by atoms with van der Waals surface area (Å²) in [6, 6.07) is 15.9. The topological polar surface area (TPSA) is 70.2 Å². The average molecular weight is 472 g/mol. The smallest absolute Gasteiger partial charge is 0.243 e. The molecule has 0 bridgehead atoms. The first-order chi connectivity index (χ1) is 16.0. The Labute approximate surface area is 197 Å². The monoisotopic (exact) mass is 471 g/mol. The highest BCUT2D eigenvalue weighted by Crippen LogP contribution is 2.27. The molecule has 33 heavy (non-hydrogen) atoms. The molecule has 2 heterocycles. The van der Waals surface area contributed by atoms with Crippen LogP contribution < -0.4 is 4.74 Å². The first-order valence-corrected chi connectivity index (χ1v) is 13.1. The number of benzene rings is 2. The molecule has 0 radical (unpaired) electrons. The van der Waals surface area contributed by atoms with E-state index in [1.54, 1.807) is 37.4 Å². The van der Waals surface area contributed by atoms with Crippen molar-refractivity contribution in [3.05, 3.63) is 60.2 Å². The van der Waals surface area contributed by atoms with Gasteiger partial charge in [0.05, 0.1) is 12.0 Å². The largest absolute Gasteiger partial charge is 0.497 e. The molecule has 178 valence electrons. The minimum atomic E-state index is -3.70. The molecule has 2 aromatic carbocycles. The van der Waals surface area contributed by atoms with Crippen molar-refractivity contribution in [1.82, 2.24) is 14.1 Å². The third-order valence-corrected chi connectivity index (χ3v) is 8.48. The van der Waals surface area contributed by atoms with Gasteiger partial charge >= 0.3 is 0 Å². The van der Waals surface area contributed by atoms with E-state index in [2.05, 4.69) is 17.0 Å². The van der Waals surface area contributed by atoms with Crippen LogP contribution >= 0.6 is 0 Å². The molecular weight excluding hydrogens is 438 g/mol. The first-order valence-electron chi connectivity index (χ1n) is 11.7. The standard InChI is InChI=1S/C25H33N3O4S/c1-32-22-13-11-21(12-14-22)20-26-15-7-16-27(19-18-26)25(29)24-10-5-6-17-28(24)33(30,31)23-8-3-2-4-9-23/h2-4,8-9,11-14,24H,5-7,10,15-20H2,1H3. The van der Waals surface area contributed by atoms with Gasteiger partial charge in [-0.25, -0.2) is 8.42 Å². The van der Waals surface area contributed by atoms with Gasteiger partial charge in [-0.1, -0.05) is 36.8 Å². The Kier molecular flexibility index (Phi) is 7.67. The lowest BCUT2D eigenvalue weighted by molar-refractivity contribution is -0.136. The van der Waals surface area contributed by atoms with E-state index < -0.39 is 16.1 Å². The number of nitrogens with zero attached hydrogens (tertiary/aromatic N) is 3. The molecular formula is C25H33N3O4S. The molecule has 0 spiro atoms. The summed E-state index contributed by atoms with van der Waals surface area (Å²) >= 11 is 0. The first kappa shape index (κ1) is 23.7. The maximum Gasteiger partial charge on any atom is 0.243 e. The third kappa shape index (κ3) is 5.57. The molecule has 0 N–H and O–H groups in total. The van der Waals surface area contributed by atoms with Crippen molar-refractivity contribution in [3.63, 3.8) is 0 Å². The van der Waals surface area contributed by atoms with Gasteiger partial charge in [0.15, 0.2) is 0 Å². The molecule has 2 aliphatic heterocycles. The highest BCUT2D eigenvalue weighted by molar-refractivity contribution is 7.89. The Hall–Kier alpha value is -2.42. The van der Waals surface area contributed by atoms with Crippen LogP contribution in [0.2, 0.25) is 0 Å². The van der Waals surface area contributed by atoms with Crippen molar-refractivity contribution in [2.45, 2.75) is 43.2 Å². The SMILES string of the molecule is COc1ccc(CN2CCCN(C(=O)C3CCCCN3S(=O)(=O)c3ccccc3)CC2)cc1. The number of carbonyl (C=O) groups is 1. The van der Waals surface area contributed by atoms with Crippen LogP contribution in [0.25, 0.3) is 0 Å². The number of methoxy groups -OCH3 is 1. The van der Waals surface area contributed by atoms with Crippen molar-refractivity contribution >= 4 is 15.9 Å². The number of rotatable bonds is 6. The van der Waals surface area contributed by atoms with E-state index in [1.807, 2.05) is 17.0 Å². The Balaban J connectivity index is 1.42. The number of hydrogen-bond acceptors (Lipinski definition) is 5. The number of hydrogen-bond donors (Lipinski definition) is 0. The molecule has 2 aromatic rings. The molecule has 4 rings (SSSR count). The van der Waals surface area contributed by atoms with Gasteiger partial charge < -0.3 is 9.64 Å². The lowest BCUT2D eigenvalue weighted by atomic mass is 10.0. The van der Waals surface area contributed by atoms with E-state index >= 15 is 0 Å². The molecule has 2 aliphatic rings. The van der Waals surface area contributed by atoms with Gasteiger partial charge in [0, 0.05) is 39.3 Å². The van der Waals surface area contributed by atoms with Crippen LogP contribution in [0.4, 0.5) is 0 Å². The lowest BCUT2D eigenvalue weighted by Gasteiger charge is -2.36. The van der Waals surface area contributed by atoms with Gasteiger partial charge in [-0.3, -0.25) is 9.69 Å². The highest BCUT2D eigenvalue weighted by Gasteiger charge is 2.39. The second kappa shape index (κ2) is 10.7. The van der Waals surface area contributed by atoms with E-state index in [4.69, 9.17) is 4.74 Å². The zero-order valence-electron chi connectivity index (χ0n) is 19.2. The number of ether oxygens (including phenoxy) is 1.